The molecule has 18 heavy (non-hydrogen) atoms. The van der Waals surface area contributed by atoms with Crippen molar-refractivity contribution < 1.29 is 0 Å². The molecule has 0 unspecified atom stereocenters. The van der Waals surface area contributed by atoms with Crippen molar-refractivity contribution in [1.29, 1.82) is 0 Å². The quantitative estimate of drug-likeness (QED) is 0.847. The third kappa shape index (κ3) is 2.08. The van der Waals surface area contributed by atoms with Crippen molar-refractivity contribution in [2.75, 3.05) is 17.3 Å². The number of anilines is 2. The van der Waals surface area contributed by atoms with E-state index in [9.17, 15) is 0 Å². The molecule has 1 aromatic carbocycles. The van der Waals surface area contributed by atoms with Gasteiger partial charge >= 0.3 is 0 Å². The highest BCUT2D eigenvalue weighted by Gasteiger charge is 2.22. The summed E-state index contributed by atoms with van der Waals surface area (Å²) in [6.45, 7) is 0. The Bertz CT molecular complexity index is 540. The van der Waals surface area contributed by atoms with Gasteiger partial charge in [0.25, 0.3) is 0 Å². The number of nitrogens with two attached hydrogens (primary N) is 1. The van der Waals surface area contributed by atoms with Gasteiger partial charge in [-0.05, 0) is 41.8 Å². The van der Waals surface area contributed by atoms with Gasteiger partial charge in [0.2, 0.25) is 0 Å². The van der Waals surface area contributed by atoms with Gasteiger partial charge in [-0.25, -0.2) is 0 Å². The Kier molecular flexibility index (Phi) is 3.18. The molecule has 0 aliphatic heterocycles. The first-order valence-corrected chi connectivity index (χ1v) is 7.90. The highest BCUT2D eigenvalue weighted by Crippen LogP contribution is 2.36. The second-order valence-corrected chi connectivity index (χ2v) is 6.04. The van der Waals surface area contributed by atoms with E-state index >= 15 is 0 Å². The SMILES string of the molecule is CSc1c(N)nsc1NC1Cc2ccccc2C1. The lowest BCUT2D eigenvalue weighted by Crippen LogP contribution is -2.19. The second kappa shape index (κ2) is 4.82. The average Bonchev–Trinajstić information content (AvgIpc) is 2.93. The summed E-state index contributed by atoms with van der Waals surface area (Å²) in [5, 5.41) is 4.69. The van der Waals surface area contributed by atoms with Gasteiger partial charge in [0.15, 0.2) is 5.82 Å². The largest absolute Gasteiger partial charge is 0.382 e. The van der Waals surface area contributed by atoms with Crippen LogP contribution in [0.4, 0.5) is 10.8 Å². The maximum atomic E-state index is 5.85. The van der Waals surface area contributed by atoms with Crippen LogP contribution in [0.15, 0.2) is 29.2 Å². The monoisotopic (exact) mass is 277 g/mol. The fourth-order valence-electron chi connectivity index (χ4n) is 2.43. The van der Waals surface area contributed by atoms with Crippen molar-refractivity contribution in [3.8, 4) is 0 Å². The van der Waals surface area contributed by atoms with Crippen LogP contribution in [-0.4, -0.2) is 16.7 Å². The number of hydrogen-bond acceptors (Lipinski definition) is 5. The fraction of sp³-hybridized carbons (Fsp3) is 0.308. The van der Waals surface area contributed by atoms with E-state index in [-0.39, 0.29) is 0 Å². The Hall–Kier alpha value is -1.20. The predicted octanol–water partition coefficient (Wildman–Crippen LogP) is 3.03. The zero-order chi connectivity index (χ0) is 12.5. The van der Waals surface area contributed by atoms with Crippen LogP contribution in [0.5, 0.6) is 0 Å². The molecule has 0 radical (unpaired) electrons. The number of aromatic nitrogens is 1. The molecule has 1 aromatic heterocycles. The molecule has 0 fully saturated rings. The van der Waals surface area contributed by atoms with Gasteiger partial charge in [-0.15, -0.1) is 11.8 Å². The number of nitrogens with zero attached hydrogens (tertiary/aromatic N) is 1. The molecule has 0 bridgehead atoms. The van der Waals surface area contributed by atoms with E-state index in [4.69, 9.17) is 5.73 Å². The summed E-state index contributed by atoms with van der Waals surface area (Å²) in [6.07, 6.45) is 4.21. The molecule has 5 heteroatoms. The summed E-state index contributed by atoms with van der Waals surface area (Å²) in [5.74, 6) is 0.644. The van der Waals surface area contributed by atoms with Crippen LogP contribution in [0.2, 0.25) is 0 Å². The molecule has 1 aliphatic carbocycles. The number of thioether (sulfide) groups is 1. The third-order valence-corrected chi connectivity index (χ3v) is 5.01. The molecule has 1 aliphatic rings. The zero-order valence-corrected chi connectivity index (χ0v) is 11.8. The van der Waals surface area contributed by atoms with Gasteiger partial charge in [0.05, 0.1) is 4.90 Å². The van der Waals surface area contributed by atoms with E-state index in [1.807, 2.05) is 6.26 Å². The van der Waals surface area contributed by atoms with Crippen LogP contribution in [-0.2, 0) is 12.8 Å². The molecule has 3 N–H and O–H groups in total. The molecule has 0 atom stereocenters. The summed E-state index contributed by atoms with van der Waals surface area (Å²) in [6, 6.07) is 9.12. The summed E-state index contributed by atoms with van der Waals surface area (Å²) in [5.41, 5.74) is 8.76. The Morgan fingerprint density at radius 2 is 2.00 bits per heavy atom. The lowest BCUT2D eigenvalue weighted by Gasteiger charge is -2.12. The van der Waals surface area contributed by atoms with E-state index in [2.05, 4.69) is 34.0 Å². The molecule has 3 nitrogen and oxygen atoms in total. The molecule has 0 spiro atoms. The molecule has 94 valence electrons. The molecular weight excluding hydrogens is 262 g/mol. The molecule has 3 rings (SSSR count). The Morgan fingerprint density at radius 1 is 1.33 bits per heavy atom. The first kappa shape index (κ1) is 11.9. The normalized spacial score (nSPS) is 14.7. The minimum absolute atomic E-state index is 0.466. The molecule has 0 amide bonds. The molecule has 1 heterocycles. The molecule has 0 saturated carbocycles. The summed E-state index contributed by atoms with van der Waals surface area (Å²) in [4.78, 5) is 1.08. The summed E-state index contributed by atoms with van der Waals surface area (Å²) in [7, 11) is 0. The minimum Gasteiger partial charge on any atom is -0.382 e. The predicted molar refractivity (Wildman–Crippen MR) is 79.6 cm³/mol. The zero-order valence-electron chi connectivity index (χ0n) is 10.1. The number of rotatable bonds is 3. The van der Waals surface area contributed by atoms with E-state index in [0.29, 0.717) is 11.9 Å². The van der Waals surface area contributed by atoms with Gasteiger partial charge in [-0.1, -0.05) is 24.3 Å². The highest BCUT2D eigenvalue weighted by atomic mass is 32.2. The van der Waals surface area contributed by atoms with Gasteiger partial charge in [0, 0.05) is 6.04 Å². The van der Waals surface area contributed by atoms with Gasteiger partial charge in [-0.3, -0.25) is 0 Å². The highest BCUT2D eigenvalue weighted by molar-refractivity contribution is 7.99. The first-order valence-electron chi connectivity index (χ1n) is 5.90. The van der Waals surface area contributed by atoms with Gasteiger partial charge in [0.1, 0.15) is 5.00 Å². The summed E-state index contributed by atoms with van der Waals surface area (Å²) >= 11 is 3.12. The Morgan fingerprint density at radius 3 is 2.61 bits per heavy atom. The average molecular weight is 277 g/mol. The molecular formula is C13H15N3S2. The van der Waals surface area contributed by atoms with E-state index in [1.54, 1.807) is 11.8 Å². The van der Waals surface area contributed by atoms with Crippen LogP contribution in [0.25, 0.3) is 0 Å². The first-order chi connectivity index (χ1) is 8.78. The smallest absolute Gasteiger partial charge is 0.153 e. The maximum Gasteiger partial charge on any atom is 0.153 e. The van der Waals surface area contributed by atoms with E-state index in [0.717, 1.165) is 22.7 Å². The Labute approximate surface area is 115 Å². The fourth-order valence-corrected chi connectivity index (χ4v) is 4.04. The second-order valence-electron chi connectivity index (χ2n) is 4.45. The van der Waals surface area contributed by atoms with Gasteiger partial charge < -0.3 is 11.1 Å². The Balaban J connectivity index is 1.76. The lowest BCUT2D eigenvalue weighted by molar-refractivity contribution is 0.775. The van der Waals surface area contributed by atoms with E-state index < -0.39 is 0 Å². The summed E-state index contributed by atoms with van der Waals surface area (Å²) < 4.78 is 4.21. The minimum atomic E-state index is 0.466. The standard InChI is InChI=1S/C13H15N3S2/c1-17-11-12(14)16-18-13(11)15-10-6-8-4-2-3-5-9(8)7-10/h2-5,10,15H,6-7H2,1H3,(H2,14,16). The van der Waals surface area contributed by atoms with Crippen molar-refractivity contribution >= 4 is 34.1 Å². The van der Waals surface area contributed by atoms with E-state index in [1.165, 1.54) is 22.7 Å². The number of nitrogen functional groups attached to an aromatic ring is 1. The van der Waals surface area contributed by atoms with Crippen LogP contribution in [0, 0.1) is 0 Å². The van der Waals surface area contributed by atoms with Gasteiger partial charge in [-0.2, -0.15) is 4.37 Å². The number of nitrogens with one attached hydrogen (secondary N) is 1. The van der Waals surface area contributed by atoms with Crippen molar-refractivity contribution in [3.63, 3.8) is 0 Å². The van der Waals surface area contributed by atoms with Crippen molar-refractivity contribution in [1.82, 2.24) is 4.37 Å². The van der Waals surface area contributed by atoms with Crippen molar-refractivity contribution in [3.05, 3.63) is 35.4 Å². The van der Waals surface area contributed by atoms with Crippen molar-refractivity contribution in [2.45, 2.75) is 23.8 Å². The molecule has 0 saturated heterocycles. The number of hydrogen-bond donors (Lipinski definition) is 2. The van der Waals surface area contributed by atoms with Crippen molar-refractivity contribution in [2.24, 2.45) is 0 Å². The van der Waals surface area contributed by atoms with Crippen LogP contribution < -0.4 is 11.1 Å². The van der Waals surface area contributed by atoms with Crippen LogP contribution in [0.1, 0.15) is 11.1 Å². The number of benzene rings is 1. The van der Waals surface area contributed by atoms with Crippen LogP contribution in [0.3, 0.4) is 0 Å². The lowest BCUT2D eigenvalue weighted by atomic mass is 10.1. The van der Waals surface area contributed by atoms with Crippen LogP contribution >= 0.6 is 23.3 Å². The number of fused-ring (bicyclic) bond motifs is 1. The third-order valence-electron chi connectivity index (χ3n) is 3.26. The maximum absolute atomic E-state index is 5.85. The molecule has 2 aromatic rings. The topological polar surface area (TPSA) is 50.9 Å².